The van der Waals surface area contributed by atoms with Crippen molar-refractivity contribution in [3.05, 3.63) is 66.1 Å². The second-order valence-electron chi connectivity index (χ2n) is 4.94. The van der Waals surface area contributed by atoms with Crippen LogP contribution in [0.3, 0.4) is 0 Å². The van der Waals surface area contributed by atoms with Crippen LogP contribution in [-0.2, 0) is 13.1 Å². The van der Waals surface area contributed by atoms with E-state index in [0.29, 0.717) is 0 Å². The van der Waals surface area contributed by atoms with Crippen molar-refractivity contribution in [1.82, 2.24) is 14.9 Å². The molecule has 1 aromatic carbocycles. The number of fused-ring (bicyclic) bond motifs is 1. The maximum Gasteiger partial charge on any atom is 0.0702 e. The van der Waals surface area contributed by atoms with Crippen LogP contribution in [0.15, 0.2) is 54.9 Å². The molecule has 0 spiro atoms. The summed E-state index contributed by atoms with van der Waals surface area (Å²) in [5, 5.41) is 4.58. The van der Waals surface area contributed by atoms with Gasteiger partial charge in [-0.05, 0) is 42.4 Å². The van der Waals surface area contributed by atoms with Gasteiger partial charge in [0.2, 0.25) is 0 Å². The quantitative estimate of drug-likeness (QED) is 0.768. The van der Waals surface area contributed by atoms with E-state index in [9.17, 15) is 0 Å². The van der Waals surface area contributed by atoms with E-state index >= 15 is 0 Å². The van der Waals surface area contributed by atoms with Gasteiger partial charge >= 0.3 is 0 Å². The molecule has 0 radical (unpaired) electrons. The van der Waals surface area contributed by atoms with Gasteiger partial charge in [-0.2, -0.15) is 0 Å². The first kappa shape index (κ1) is 12.9. The van der Waals surface area contributed by atoms with E-state index in [1.807, 2.05) is 12.3 Å². The predicted octanol–water partition coefficient (Wildman–Crippen LogP) is 3.19. The Balaban J connectivity index is 1.84. The second-order valence-corrected chi connectivity index (χ2v) is 4.94. The molecule has 0 bridgehead atoms. The Morgan fingerprint density at radius 1 is 1.15 bits per heavy atom. The molecule has 0 saturated heterocycles. The van der Waals surface area contributed by atoms with Crippen molar-refractivity contribution in [2.45, 2.75) is 20.0 Å². The minimum absolute atomic E-state index is 0.901. The van der Waals surface area contributed by atoms with Crippen molar-refractivity contribution < 1.29 is 0 Å². The highest BCUT2D eigenvalue weighted by Gasteiger charge is 2.02. The zero-order valence-corrected chi connectivity index (χ0v) is 11.7. The fraction of sp³-hybridized carbons (Fsp3) is 0.235. The van der Waals surface area contributed by atoms with Crippen LogP contribution >= 0.6 is 0 Å². The molecular weight excluding hydrogens is 246 g/mol. The molecule has 0 aliphatic rings. The highest BCUT2D eigenvalue weighted by atomic mass is 15.0. The molecule has 20 heavy (non-hydrogen) atoms. The third kappa shape index (κ3) is 2.73. The van der Waals surface area contributed by atoms with Crippen LogP contribution in [0, 0.1) is 0 Å². The number of benzene rings is 1. The maximum absolute atomic E-state index is 4.36. The van der Waals surface area contributed by atoms with Gasteiger partial charge in [0.1, 0.15) is 0 Å². The van der Waals surface area contributed by atoms with E-state index in [-0.39, 0.29) is 0 Å². The SMILES string of the molecule is CCNCc1cccn1Cc1ccc2ncccc2c1. The molecule has 3 nitrogen and oxygen atoms in total. The van der Waals surface area contributed by atoms with Gasteiger partial charge in [-0.15, -0.1) is 0 Å². The molecule has 0 unspecified atom stereocenters. The molecule has 0 fully saturated rings. The average molecular weight is 265 g/mol. The number of nitrogens with one attached hydrogen (secondary N) is 1. The van der Waals surface area contributed by atoms with Crippen molar-refractivity contribution in [1.29, 1.82) is 0 Å². The lowest BCUT2D eigenvalue weighted by Gasteiger charge is -2.10. The van der Waals surface area contributed by atoms with Gasteiger partial charge in [0.05, 0.1) is 5.52 Å². The van der Waals surface area contributed by atoms with Crippen LogP contribution in [-0.4, -0.2) is 16.1 Å². The summed E-state index contributed by atoms with van der Waals surface area (Å²) in [5.41, 5.74) is 3.68. The smallest absolute Gasteiger partial charge is 0.0702 e. The number of hydrogen-bond acceptors (Lipinski definition) is 2. The Morgan fingerprint density at radius 3 is 3.00 bits per heavy atom. The minimum atomic E-state index is 0.901. The molecule has 3 aromatic rings. The molecule has 3 heteroatoms. The topological polar surface area (TPSA) is 29.9 Å². The summed E-state index contributed by atoms with van der Waals surface area (Å²) in [6.45, 7) is 4.94. The molecule has 0 aliphatic carbocycles. The van der Waals surface area contributed by atoms with Gasteiger partial charge in [-0.1, -0.05) is 19.1 Å². The molecular formula is C17H19N3. The largest absolute Gasteiger partial charge is 0.346 e. The Labute approximate surface area is 119 Å². The summed E-state index contributed by atoms with van der Waals surface area (Å²) in [6, 6.07) is 14.9. The minimum Gasteiger partial charge on any atom is -0.346 e. The van der Waals surface area contributed by atoms with Crippen LogP contribution < -0.4 is 5.32 Å². The number of pyridine rings is 1. The lowest BCUT2D eigenvalue weighted by atomic mass is 10.1. The summed E-state index contributed by atoms with van der Waals surface area (Å²) in [5.74, 6) is 0. The summed E-state index contributed by atoms with van der Waals surface area (Å²) < 4.78 is 2.29. The van der Waals surface area contributed by atoms with Crippen LogP contribution in [0.1, 0.15) is 18.2 Å². The van der Waals surface area contributed by atoms with Crippen molar-refractivity contribution in [2.24, 2.45) is 0 Å². The highest BCUT2D eigenvalue weighted by molar-refractivity contribution is 5.78. The van der Waals surface area contributed by atoms with Gasteiger partial charge in [0, 0.05) is 36.6 Å². The fourth-order valence-corrected chi connectivity index (χ4v) is 2.44. The summed E-state index contributed by atoms with van der Waals surface area (Å²) >= 11 is 0. The number of aromatic nitrogens is 2. The molecule has 102 valence electrons. The van der Waals surface area contributed by atoms with Gasteiger partial charge in [0.15, 0.2) is 0 Å². The van der Waals surface area contributed by atoms with E-state index in [4.69, 9.17) is 0 Å². The van der Waals surface area contributed by atoms with Gasteiger partial charge < -0.3 is 9.88 Å². The van der Waals surface area contributed by atoms with Crippen LogP contribution in [0.25, 0.3) is 10.9 Å². The van der Waals surface area contributed by atoms with Crippen molar-refractivity contribution >= 4 is 10.9 Å². The van der Waals surface area contributed by atoms with E-state index in [1.54, 1.807) is 0 Å². The predicted molar refractivity (Wildman–Crippen MR) is 82.7 cm³/mol. The van der Waals surface area contributed by atoms with Crippen molar-refractivity contribution in [3.63, 3.8) is 0 Å². The molecule has 1 N–H and O–H groups in total. The molecule has 0 saturated carbocycles. The average Bonchev–Trinajstić information content (AvgIpc) is 2.92. The van der Waals surface area contributed by atoms with E-state index in [0.717, 1.165) is 25.2 Å². The molecule has 2 heterocycles. The van der Waals surface area contributed by atoms with Gasteiger partial charge in [-0.25, -0.2) is 0 Å². The third-order valence-corrected chi connectivity index (χ3v) is 3.50. The van der Waals surface area contributed by atoms with Gasteiger partial charge in [0.25, 0.3) is 0 Å². The molecule has 0 amide bonds. The summed E-state index contributed by atoms with van der Waals surface area (Å²) in [7, 11) is 0. The molecule has 0 aliphatic heterocycles. The Bertz CT molecular complexity index is 700. The standard InChI is InChI=1S/C17H19N3/c1-2-18-12-16-6-4-10-20(16)13-14-7-8-17-15(11-14)5-3-9-19-17/h3-11,18H,2,12-13H2,1H3. The van der Waals surface area contributed by atoms with Crippen LogP contribution in [0.5, 0.6) is 0 Å². The van der Waals surface area contributed by atoms with Gasteiger partial charge in [-0.3, -0.25) is 4.98 Å². The lowest BCUT2D eigenvalue weighted by molar-refractivity contribution is 0.657. The van der Waals surface area contributed by atoms with E-state index in [1.165, 1.54) is 16.6 Å². The first-order valence-corrected chi connectivity index (χ1v) is 7.05. The first-order chi connectivity index (χ1) is 9.86. The molecule has 3 rings (SSSR count). The van der Waals surface area contributed by atoms with Crippen molar-refractivity contribution in [3.8, 4) is 0 Å². The second kappa shape index (κ2) is 5.88. The zero-order chi connectivity index (χ0) is 13.8. The summed E-state index contributed by atoms with van der Waals surface area (Å²) in [4.78, 5) is 4.36. The lowest BCUT2D eigenvalue weighted by Crippen LogP contribution is -2.15. The monoisotopic (exact) mass is 265 g/mol. The third-order valence-electron chi connectivity index (χ3n) is 3.50. The Hall–Kier alpha value is -2.13. The molecule has 0 atom stereocenters. The van der Waals surface area contributed by atoms with Crippen LogP contribution in [0.2, 0.25) is 0 Å². The Kier molecular flexibility index (Phi) is 3.79. The fourth-order valence-electron chi connectivity index (χ4n) is 2.44. The number of hydrogen-bond donors (Lipinski definition) is 1. The highest BCUT2D eigenvalue weighted by Crippen LogP contribution is 2.15. The molecule has 2 aromatic heterocycles. The van der Waals surface area contributed by atoms with Crippen molar-refractivity contribution in [2.75, 3.05) is 6.54 Å². The number of rotatable bonds is 5. The van der Waals surface area contributed by atoms with E-state index in [2.05, 4.69) is 64.4 Å². The Morgan fingerprint density at radius 2 is 2.10 bits per heavy atom. The van der Waals surface area contributed by atoms with Crippen LogP contribution in [0.4, 0.5) is 0 Å². The summed E-state index contributed by atoms with van der Waals surface area (Å²) in [6.07, 6.45) is 3.97. The number of nitrogens with zero attached hydrogens (tertiary/aromatic N) is 2. The first-order valence-electron chi connectivity index (χ1n) is 7.05. The zero-order valence-electron chi connectivity index (χ0n) is 11.7. The van der Waals surface area contributed by atoms with E-state index < -0.39 is 0 Å². The maximum atomic E-state index is 4.36. The normalized spacial score (nSPS) is 11.1.